The van der Waals surface area contributed by atoms with Crippen molar-refractivity contribution in [2.24, 2.45) is 17.3 Å². The fourth-order valence-corrected chi connectivity index (χ4v) is 3.44. The number of hydrogen-bond donors (Lipinski definition) is 0. The van der Waals surface area contributed by atoms with Crippen LogP contribution in [0.25, 0.3) is 0 Å². The van der Waals surface area contributed by atoms with Crippen molar-refractivity contribution in [1.82, 2.24) is 0 Å². The number of ketones is 1. The molecule has 2 atom stereocenters. The minimum Gasteiger partial charge on any atom is -0.299 e. The van der Waals surface area contributed by atoms with E-state index in [0.29, 0.717) is 17.6 Å². The third-order valence-corrected chi connectivity index (χ3v) is 4.13. The van der Waals surface area contributed by atoms with E-state index in [4.69, 9.17) is 0 Å². The molecule has 0 saturated heterocycles. The highest BCUT2D eigenvalue weighted by molar-refractivity contribution is 5.84. The molecule has 0 N–H and O–H groups in total. The normalized spacial score (nSPS) is 37.3. The zero-order valence-corrected chi connectivity index (χ0v) is 9.47. The first kappa shape index (κ1) is 9.95. The monoisotopic (exact) mass is 192 g/mol. The van der Waals surface area contributed by atoms with Crippen LogP contribution in [0.3, 0.4) is 0 Å². The summed E-state index contributed by atoms with van der Waals surface area (Å²) in [5.74, 6) is 1.43. The molecule has 14 heavy (non-hydrogen) atoms. The molecule has 0 aromatic carbocycles. The van der Waals surface area contributed by atoms with Crippen molar-refractivity contribution in [2.75, 3.05) is 0 Å². The lowest BCUT2D eigenvalue weighted by molar-refractivity contribution is -0.128. The minimum atomic E-state index is 0.212. The Hall–Kier alpha value is -0.590. The van der Waals surface area contributed by atoms with Gasteiger partial charge in [0.25, 0.3) is 0 Å². The Morgan fingerprint density at radius 3 is 2.86 bits per heavy atom. The zero-order valence-electron chi connectivity index (χ0n) is 9.47. The van der Waals surface area contributed by atoms with Crippen LogP contribution in [-0.2, 0) is 4.79 Å². The van der Waals surface area contributed by atoms with E-state index in [1.807, 2.05) is 0 Å². The summed E-state index contributed by atoms with van der Waals surface area (Å²) in [6.07, 6.45) is 6.46. The van der Waals surface area contributed by atoms with E-state index in [9.17, 15) is 4.79 Å². The predicted octanol–water partition coefficient (Wildman–Crippen LogP) is 3.35. The van der Waals surface area contributed by atoms with Crippen LogP contribution >= 0.6 is 0 Å². The summed E-state index contributed by atoms with van der Waals surface area (Å²) in [7, 11) is 0. The Morgan fingerprint density at radius 2 is 2.21 bits per heavy atom. The third kappa shape index (κ3) is 1.25. The molecular formula is C13H20O. The van der Waals surface area contributed by atoms with Gasteiger partial charge in [0.2, 0.25) is 0 Å². The van der Waals surface area contributed by atoms with E-state index >= 15 is 0 Å². The van der Waals surface area contributed by atoms with Crippen molar-refractivity contribution in [1.29, 1.82) is 0 Å². The second-order valence-corrected chi connectivity index (χ2v) is 5.34. The van der Waals surface area contributed by atoms with Gasteiger partial charge in [0.1, 0.15) is 5.78 Å². The molecule has 0 spiro atoms. The summed E-state index contributed by atoms with van der Waals surface area (Å²) in [4.78, 5) is 11.8. The summed E-state index contributed by atoms with van der Waals surface area (Å²) < 4.78 is 0. The van der Waals surface area contributed by atoms with Gasteiger partial charge in [0.05, 0.1) is 0 Å². The maximum absolute atomic E-state index is 11.8. The van der Waals surface area contributed by atoms with Crippen LogP contribution in [0.1, 0.15) is 46.5 Å². The first-order valence-electron chi connectivity index (χ1n) is 5.79. The van der Waals surface area contributed by atoms with Crippen LogP contribution in [0.15, 0.2) is 11.6 Å². The van der Waals surface area contributed by atoms with E-state index < -0.39 is 0 Å². The number of carbonyl (C=O) groups excluding carboxylic acids is 1. The number of Topliss-reactive ketones (excluding diaryl/α,β-unsaturated/α-hetero) is 1. The molecular weight excluding hydrogens is 172 g/mol. The molecule has 0 aromatic heterocycles. The third-order valence-electron chi connectivity index (χ3n) is 4.13. The van der Waals surface area contributed by atoms with E-state index in [-0.39, 0.29) is 5.41 Å². The summed E-state index contributed by atoms with van der Waals surface area (Å²) in [5.41, 5.74) is 1.75. The molecule has 0 radical (unpaired) electrons. The topological polar surface area (TPSA) is 17.1 Å². The lowest BCUT2D eigenvalue weighted by Gasteiger charge is -2.39. The Labute approximate surface area is 86.6 Å². The van der Waals surface area contributed by atoms with Crippen LogP contribution in [0.2, 0.25) is 0 Å². The van der Waals surface area contributed by atoms with E-state index in [1.165, 1.54) is 12.0 Å². The summed E-state index contributed by atoms with van der Waals surface area (Å²) in [6.45, 7) is 6.80. The molecule has 2 aliphatic rings. The SMILES string of the molecule is CC(C)C1=CCC2C(=O)CCCC12C. The number of fused-ring (bicyclic) bond motifs is 1. The summed E-state index contributed by atoms with van der Waals surface area (Å²) >= 11 is 0. The van der Waals surface area contributed by atoms with E-state index in [2.05, 4.69) is 26.8 Å². The number of hydrogen-bond acceptors (Lipinski definition) is 1. The van der Waals surface area contributed by atoms with Gasteiger partial charge in [0.15, 0.2) is 0 Å². The van der Waals surface area contributed by atoms with Crippen molar-refractivity contribution in [3.8, 4) is 0 Å². The largest absolute Gasteiger partial charge is 0.299 e. The standard InChI is InChI=1S/C13H20O/c1-9(2)10-6-7-11-12(14)5-4-8-13(10,11)3/h6,9,11H,4-5,7-8H2,1-3H3. The van der Waals surface area contributed by atoms with Crippen LogP contribution in [0.5, 0.6) is 0 Å². The molecule has 78 valence electrons. The van der Waals surface area contributed by atoms with Crippen molar-refractivity contribution in [3.05, 3.63) is 11.6 Å². The zero-order chi connectivity index (χ0) is 10.3. The number of allylic oxidation sites excluding steroid dienone is 2. The van der Waals surface area contributed by atoms with E-state index in [0.717, 1.165) is 19.3 Å². The van der Waals surface area contributed by atoms with Crippen LogP contribution in [-0.4, -0.2) is 5.78 Å². The predicted molar refractivity (Wildman–Crippen MR) is 58.0 cm³/mol. The Kier molecular flexibility index (Phi) is 2.29. The maximum Gasteiger partial charge on any atom is 0.137 e. The smallest absolute Gasteiger partial charge is 0.137 e. The maximum atomic E-state index is 11.8. The molecule has 2 unspecified atom stereocenters. The number of carbonyl (C=O) groups is 1. The van der Waals surface area contributed by atoms with Crippen molar-refractivity contribution < 1.29 is 4.79 Å². The molecule has 2 rings (SSSR count). The average molecular weight is 192 g/mol. The molecule has 1 nitrogen and oxygen atoms in total. The fraction of sp³-hybridized carbons (Fsp3) is 0.769. The molecule has 0 aromatic rings. The van der Waals surface area contributed by atoms with Crippen LogP contribution in [0, 0.1) is 17.3 Å². The molecule has 0 aliphatic heterocycles. The Morgan fingerprint density at radius 1 is 1.50 bits per heavy atom. The first-order valence-corrected chi connectivity index (χ1v) is 5.79. The van der Waals surface area contributed by atoms with Crippen molar-refractivity contribution in [2.45, 2.75) is 46.5 Å². The van der Waals surface area contributed by atoms with Crippen LogP contribution < -0.4 is 0 Å². The molecule has 1 saturated carbocycles. The van der Waals surface area contributed by atoms with Gasteiger partial charge < -0.3 is 0 Å². The lowest BCUT2D eigenvalue weighted by atomic mass is 9.64. The van der Waals surface area contributed by atoms with Gasteiger partial charge >= 0.3 is 0 Å². The van der Waals surface area contributed by atoms with Gasteiger partial charge in [-0.1, -0.05) is 32.4 Å². The Balaban J connectivity index is 2.30. The van der Waals surface area contributed by atoms with Gasteiger partial charge in [-0.25, -0.2) is 0 Å². The molecule has 1 heteroatoms. The molecule has 2 aliphatic carbocycles. The van der Waals surface area contributed by atoms with Gasteiger partial charge in [-0.15, -0.1) is 0 Å². The highest BCUT2D eigenvalue weighted by atomic mass is 16.1. The van der Waals surface area contributed by atoms with Crippen molar-refractivity contribution in [3.63, 3.8) is 0 Å². The summed E-state index contributed by atoms with van der Waals surface area (Å²) in [6, 6.07) is 0. The molecule has 0 heterocycles. The second kappa shape index (κ2) is 3.22. The molecule has 0 bridgehead atoms. The van der Waals surface area contributed by atoms with Crippen LogP contribution in [0.4, 0.5) is 0 Å². The average Bonchev–Trinajstić information content (AvgIpc) is 2.43. The number of rotatable bonds is 1. The quantitative estimate of drug-likeness (QED) is 0.582. The van der Waals surface area contributed by atoms with Gasteiger partial charge in [-0.2, -0.15) is 0 Å². The first-order chi connectivity index (χ1) is 6.55. The van der Waals surface area contributed by atoms with E-state index in [1.54, 1.807) is 0 Å². The highest BCUT2D eigenvalue weighted by Gasteiger charge is 2.47. The second-order valence-electron chi connectivity index (χ2n) is 5.34. The summed E-state index contributed by atoms with van der Waals surface area (Å²) in [5, 5.41) is 0. The molecule has 1 fully saturated rings. The van der Waals surface area contributed by atoms with Gasteiger partial charge in [-0.05, 0) is 30.6 Å². The fourth-order valence-electron chi connectivity index (χ4n) is 3.44. The lowest BCUT2D eigenvalue weighted by Crippen LogP contribution is -2.36. The van der Waals surface area contributed by atoms with Gasteiger partial charge in [-0.3, -0.25) is 4.79 Å². The Bertz CT molecular complexity index is 288. The highest BCUT2D eigenvalue weighted by Crippen LogP contribution is 2.53. The minimum absolute atomic E-state index is 0.212. The van der Waals surface area contributed by atoms with Gasteiger partial charge in [0, 0.05) is 12.3 Å². The molecule has 0 amide bonds. The van der Waals surface area contributed by atoms with Crippen molar-refractivity contribution >= 4 is 5.78 Å².